The molecule has 0 aliphatic heterocycles. The Morgan fingerprint density at radius 3 is 2.77 bits per heavy atom. The molecule has 0 radical (unpaired) electrons. The lowest BCUT2D eigenvalue weighted by molar-refractivity contribution is -0.126. The van der Waals surface area contributed by atoms with E-state index in [-0.39, 0.29) is 35.1 Å². The summed E-state index contributed by atoms with van der Waals surface area (Å²) in [5.74, 6) is 1.33. The van der Waals surface area contributed by atoms with Gasteiger partial charge in [-0.15, -0.1) is 0 Å². The normalized spacial score (nSPS) is 24.3. The van der Waals surface area contributed by atoms with Gasteiger partial charge in [0.25, 0.3) is 5.56 Å². The molecule has 0 saturated heterocycles. The third-order valence-corrected chi connectivity index (χ3v) is 6.35. The molecule has 2 aromatic carbocycles. The van der Waals surface area contributed by atoms with Crippen molar-refractivity contribution in [1.82, 2.24) is 15.3 Å². The van der Waals surface area contributed by atoms with Crippen molar-refractivity contribution in [2.45, 2.75) is 18.9 Å². The van der Waals surface area contributed by atoms with Crippen LogP contribution >= 0.6 is 0 Å². The fraction of sp³-hybridized carbons (Fsp3) is 0.292. The lowest BCUT2D eigenvalue weighted by atomic mass is 9.81. The number of ether oxygens (including phenoxy) is 1. The molecule has 0 spiro atoms. The highest BCUT2D eigenvalue weighted by molar-refractivity contribution is 5.82. The minimum absolute atomic E-state index is 0.0152. The van der Waals surface area contributed by atoms with Gasteiger partial charge in [0.05, 0.1) is 23.9 Å². The minimum atomic E-state index is -0.251. The average molecular weight is 401 g/mol. The van der Waals surface area contributed by atoms with Crippen LogP contribution < -0.4 is 15.6 Å². The standard InChI is InChI=1S/C24H23N3O3/c1-30-19-9-5-2-6-16(19)13-25-24(29)21-15-11-10-14(12-15)20(21)22-26-18-8-4-3-7-17(18)23(28)27-22/h2-11,14-15,20-21H,12-13H2,1H3,(H,25,29)(H,26,27,28)/t14-,15-,20-,21+/m0/s1. The Kier molecular flexibility index (Phi) is 4.62. The molecule has 0 unspecified atom stereocenters. The Hall–Kier alpha value is -3.41. The second-order valence-corrected chi connectivity index (χ2v) is 8.00. The number of hydrogen-bond donors (Lipinski definition) is 2. The second kappa shape index (κ2) is 7.44. The topological polar surface area (TPSA) is 84.1 Å². The minimum Gasteiger partial charge on any atom is -0.496 e. The maximum absolute atomic E-state index is 13.2. The zero-order valence-electron chi connectivity index (χ0n) is 16.7. The van der Waals surface area contributed by atoms with Crippen LogP contribution in [0.25, 0.3) is 10.9 Å². The van der Waals surface area contributed by atoms with Gasteiger partial charge in [0.15, 0.2) is 0 Å². The number of para-hydroxylation sites is 2. The molecule has 152 valence electrons. The first-order valence-corrected chi connectivity index (χ1v) is 10.2. The maximum Gasteiger partial charge on any atom is 0.258 e. The van der Waals surface area contributed by atoms with Gasteiger partial charge in [-0.1, -0.05) is 42.5 Å². The Morgan fingerprint density at radius 2 is 1.90 bits per heavy atom. The van der Waals surface area contributed by atoms with Crippen molar-refractivity contribution in [1.29, 1.82) is 0 Å². The highest BCUT2D eigenvalue weighted by Crippen LogP contribution is 2.52. The molecule has 1 aromatic heterocycles. The van der Waals surface area contributed by atoms with Crippen LogP contribution in [0.3, 0.4) is 0 Å². The van der Waals surface area contributed by atoms with E-state index < -0.39 is 0 Å². The number of rotatable bonds is 5. The molecule has 6 heteroatoms. The zero-order valence-corrected chi connectivity index (χ0v) is 16.7. The molecule has 6 nitrogen and oxygen atoms in total. The molecule has 2 N–H and O–H groups in total. The quantitative estimate of drug-likeness (QED) is 0.644. The molecule has 2 aliphatic rings. The maximum atomic E-state index is 13.2. The largest absolute Gasteiger partial charge is 0.496 e. The molecule has 2 bridgehead atoms. The number of carbonyl (C=O) groups excluding carboxylic acids is 1. The van der Waals surface area contributed by atoms with E-state index in [1.807, 2.05) is 42.5 Å². The van der Waals surface area contributed by atoms with Crippen molar-refractivity contribution < 1.29 is 9.53 Å². The number of amides is 1. The molecule has 5 rings (SSSR count). The molecule has 1 amide bonds. The SMILES string of the molecule is COc1ccccc1CNC(=O)[C@H]1[C@@H](c2nc3ccccc3c(=O)[nH]2)[C@H]2C=C[C@H]1C2. The summed E-state index contributed by atoms with van der Waals surface area (Å²) < 4.78 is 5.38. The van der Waals surface area contributed by atoms with Crippen molar-refractivity contribution in [2.75, 3.05) is 7.11 Å². The number of carbonyl (C=O) groups is 1. The summed E-state index contributed by atoms with van der Waals surface area (Å²) in [5, 5.41) is 3.65. The predicted molar refractivity (Wildman–Crippen MR) is 114 cm³/mol. The molecule has 3 aromatic rings. The highest BCUT2D eigenvalue weighted by Gasteiger charge is 2.49. The summed E-state index contributed by atoms with van der Waals surface area (Å²) >= 11 is 0. The molecule has 1 fully saturated rings. The number of fused-ring (bicyclic) bond motifs is 3. The van der Waals surface area contributed by atoms with Gasteiger partial charge in [0.1, 0.15) is 11.6 Å². The lowest BCUT2D eigenvalue weighted by Crippen LogP contribution is -2.37. The van der Waals surface area contributed by atoms with Crippen LogP contribution in [0.2, 0.25) is 0 Å². The second-order valence-electron chi connectivity index (χ2n) is 8.00. The van der Waals surface area contributed by atoms with Crippen LogP contribution in [0.5, 0.6) is 5.75 Å². The first-order valence-electron chi connectivity index (χ1n) is 10.2. The highest BCUT2D eigenvalue weighted by atomic mass is 16.5. The van der Waals surface area contributed by atoms with E-state index in [1.165, 1.54) is 0 Å². The van der Waals surface area contributed by atoms with E-state index >= 15 is 0 Å². The van der Waals surface area contributed by atoms with Crippen molar-refractivity contribution >= 4 is 16.8 Å². The van der Waals surface area contributed by atoms with Crippen molar-refractivity contribution in [3.8, 4) is 5.75 Å². The van der Waals surface area contributed by atoms with E-state index in [0.717, 1.165) is 17.7 Å². The smallest absolute Gasteiger partial charge is 0.258 e. The number of H-pyrrole nitrogens is 1. The van der Waals surface area contributed by atoms with Crippen LogP contribution in [-0.4, -0.2) is 23.0 Å². The third kappa shape index (κ3) is 3.09. The number of allylic oxidation sites excluding steroid dienone is 2. The summed E-state index contributed by atoms with van der Waals surface area (Å²) in [6, 6.07) is 15.0. The lowest BCUT2D eigenvalue weighted by Gasteiger charge is -2.26. The van der Waals surface area contributed by atoms with E-state index in [0.29, 0.717) is 23.3 Å². The first-order chi connectivity index (χ1) is 14.7. The summed E-state index contributed by atoms with van der Waals surface area (Å²) in [7, 11) is 1.62. The molecular weight excluding hydrogens is 378 g/mol. The van der Waals surface area contributed by atoms with Crippen LogP contribution in [0, 0.1) is 17.8 Å². The predicted octanol–water partition coefficient (Wildman–Crippen LogP) is 3.15. The first kappa shape index (κ1) is 18.6. The van der Waals surface area contributed by atoms with Gasteiger partial charge < -0.3 is 15.0 Å². The number of hydrogen-bond acceptors (Lipinski definition) is 4. The van der Waals surface area contributed by atoms with Crippen molar-refractivity contribution in [3.05, 3.63) is 82.4 Å². The fourth-order valence-electron chi connectivity index (χ4n) is 4.96. The molecule has 2 aliphatic carbocycles. The average Bonchev–Trinajstić information content (AvgIpc) is 3.39. The number of methoxy groups -OCH3 is 1. The number of aromatic nitrogens is 2. The number of aromatic amines is 1. The van der Waals surface area contributed by atoms with Gasteiger partial charge in [0, 0.05) is 18.0 Å². The van der Waals surface area contributed by atoms with Crippen LogP contribution in [-0.2, 0) is 11.3 Å². The van der Waals surface area contributed by atoms with Gasteiger partial charge in [-0.25, -0.2) is 4.98 Å². The summed E-state index contributed by atoms with van der Waals surface area (Å²) in [6.07, 6.45) is 5.20. The van der Waals surface area contributed by atoms with Gasteiger partial charge >= 0.3 is 0 Å². The van der Waals surface area contributed by atoms with Gasteiger partial charge in [-0.2, -0.15) is 0 Å². The van der Waals surface area contributed by atoms with Crippen molar-refractivity contribution in [3.63, 3.8) is 0 Å². The number of nitrogens with zero attached hydrogens (tertiary/aromatic N) is 1. The van der Waals surface area contributed by atoms with Gasteiger partial charge in [-0.3, -0.25) is 9.59 Å². The fourth-order valence-corrected chi connectivity index (χ4v) is 4.96. The molecule has 4 atom stereocenters. The Morgan fingerprint density at radius 1 is 1.13 bits per heavy atom. The van der Waals surface area contributed by atoms with Crippen LogP contribution in [0.4, 0.5) is 0 Å². The van der Waals surface area contributed by atoms with E-state index in [9.17, 15) is 9.59 Å². The summed E-state index contributed by atoms with van der Waals surface area (Å²) in [4.78, 5) is 33.5. The van der Waals surface area contributed by atoms with E-state index in [4.69, 9.17) is 9.72 Å². The zero-order chi connectivity index (χ0) is 20.7. The molecule has 1 heterocycles. The van der Waals surface area contributed by atoms with Crippen LogP contribution in [0.1, 0.15) is 23.7 Å². The van der Waals surface area contributed by atoms with E-state index in [1.54, 1.807) is 13.2 Å². The van der Waals surface area contributed by atoms with Gasteiger partial charge in [0.2, 0.25) is 5.91 Å². The van der Waals surface area contributed by atoms with Crippen molar-refractivity contribution in [2.24, 2.45) is 17.8 Å². The number of nitrogens with one attached hydrogen (secondary N) is 2. The molecule has 1 saturated carbocycles. The van der Waals surface area contributed by atoms with E-state index in [2.05, 4.69) is 22.5 Å². The summed E-state index contributed by atoms with van der Waals surface area (Å²) in [5.41, 5.74) is 1.44. The molecule has 30 heavy (non-hydrogen) atoms. The van der Waals surface area contributed by atoms with Crippen LogP contribution in [0.15, 0.2) is 65.5 Å². The Labute approximate surface area is 174 Å². The van der Waals surface area contributed by atoms with Gasteiger partial charge in [-0.05, 0) is 36.5 Å². The third-order valence-electron chi connectivity index (χ3n) is 6.35. The summed E-state index contributed by atoms with van der Waals surface area (Å²) in [6.45, 7) is 0.398. The Bertz CT molecular complexity index is 1200. The molecular formula is C24H23N3O3. The Balaban J connectivity index is 1.44. The monoisotopic (exact) mass is 401 g/mol. The number of benzene rings is 2.